The molecule has 0 heterocycles. The van der Waals surface area contributed by atoms with E-state index in [-0.39, 0.29) is 0 Å². The van der Waals surface area contributed by atoms with Crippen LogP contribution in [0.3, 0.4) is 0 Å². The second-order valence-electron chi connectivity index (χ2n) is 3.24. The van der Waals surface area contributed by atoms with Crippen molar-refractivity contribution in [1.82, 2.24) is 0 Å². The predicted molar refractivity (Wildman–Crippen MR) is 70.4 cm³/mol. The lowest BCUT2D eigenvalue weighted by molar-refractivity contribution is 0.993. The summed E-state index contributed by atoms with van der Waals surface area (Å²) in [6.45, 7) is 3.17. The van der Waals surface area contributed by atoms with Crippen LogP contribution >= 0.6 is 27.7 Å². The normalized spacial score (nSPS) is 10.2. The number of aryl methyl sites for hydroxylation is 1. The summed E-state index contributed by atoms with van der Waals surface area (Å²) >= 11 is 5.39. The predicted octanol–water partition coefficient (Wildman–Crippen LogP) is 3.92. The van der Waals surface area contributed by atoms with Crippen LogP contribution in [0.1, 0.15) is 12.0 Å². The largest absolute Gasteiger partial charge is 0.385 e. The summed E-state index contributed by atoms with van der Waals surface area (Å²) in [7, 11) is 0. The topological polar surface area (TPSA) is 12.0 Å². The van der Waals surface area contributed by atoms with E-state index in [1.807, 2.05) is 11.8 Å². The molecule has 0 unspecified atom stereocenters. The van der Waals surface area contributed by atoms with Crippen LogP contribution in [0.4, 0.5) is 5.69 Å². The van der Waals surface area contributed by atoms with Gasteiger partial charge >= 0.3 is 0 Å². The van der Waals surface area contributed by atoms with E-state index in [4.69, 9.17) is 0 Å². The molecule has 0 saturated heterocycles. The van der Waals surface area contributed by atoms with Crippen LogP contribution in [0.15, 0.2) is 22.7 Å². The number of thioether (sulfide) groups is 1. The van der Waals surface area contributed by atoms with Crippen molar-refractivity contribution in [2.45, 2.75) is 13.3 Å². The number of benzene rings is 1. The molecule has 0 atom stereocenters. The van der Waals surface area contributed by atoms with Gasteiger partial charge in [0.2, 0.25) is 0 Å². The summed E-state index contributed by atoms with van der Waals surface area (Å²) in [5.74, 6) is 1.22. The fourth-order valence-corrected chi connectivity index (χ4v) is 1.88. The monoisotopic (exact) mass is 273 g/mol. The van der Waals surface area contributed by atoms with Gasteiger partial charge in [-0.25, -0.2) is 0 Å². The van der Waals surface area contributed by atoms with Crippen molar-refractivity contribution in [3.8, 4) is 0 Å². The minimum absolute atomic E-state index is 1.06. The average Bonchev–Trinajstić information content (AvgIpc) is 2.18. The number of anilines is 1. The fourth-order valence-electron chi connectivity index (χ4n) is 1.20. The Balaban J connectivity index is 2.39. The Kier molecular flexibility index (Phi) is 5.41. The summed E-state index contributed by atoms with van der Waals surface area (Å²) in [5, 5.41) is 3.41. The lowest BCUT2D eigenvalue weighted by Gasteiger charge is -2.07. The van der Waals surface area contributed by atoms with Crippen molar-refractivity contribution in [2.75, 3.05) is 23.9 Å². The molecule has 3 heteroatoms. The molecule has 1 aromatic carbocycles. The number of hydrogen-bond acceptors (Lipinski definition) is 2. The number of rotatable bonds is 5. The Hall–Kier alpha value is -0.150. The van der Waals surface area contributed by atoms with Crippen LogP contribution in [0, 0.1) is 6.92 Å². The highest BCUT2D eigenvalue weighted by molar-refractivity contribution is 9.10. The number of halogens is 1. The summed E-state index contributed by atoms with van der Waals surface area (Å²) in [6.07, 6.45) is 3.36. The molecule has 0 aromatic heterocycles. The maximum absolute atomic E-state index is 3.49. The van der Waals surface area contributed by atoms with E-state index in [1.165, 1.54) is 27.9 Å². The molecular formula is C11H16BrNS. The van der Waals surface area contributed by atoms with E-state index in [2.05, 4.69) is 52.6 Å². The van der Waals surface area contributed by atoms with Crippen LogP contribution in [0.5, 0.6) is 0 Å². The minimum Gasteiger partial charge on any atom is -0.385 e. The Labute approximate surface area is 98.8 Å². The van der Waals surface area contributed by atoms with Crippen LogP contribution in [0.25, 0.3) is 0 Å². The second kappa shape index (κ2) is 6.36. The van der Waals surface area contributed by atoms with E-state index < -0.39 is 0 Å². The molecule has 1 nitrogen and oxygen atoms in total. The molecule has 0 radical (unpaired) electrons. The smallest absolute Gasteiger partial charge is 0.0343 e. The Morgan fingerprint density at radius 2 is 2.21 bits per heavy atom. The van der Waals surface area contributed by atoms with Crippen molar-refractivity contribution in [3.63, 3.8) is 0 Å². The Morgan fingerprint density at radius 1 is 1.43 bits per heavy atom. The summed E-state index contributed by atoms with van der Waals surface area (Å²) in [5.41, 5.74) is 2.49. The SMILES string of the molecule is CSCCCNc1ccc(Br)c(C)c1. The van der Waals surface area contributed by atoms with Gasteiger partial charge in [-0.05, 0) is 49.1 Å². The minimum atomic E-state index is 1.06. The fraction of sp³-hybridized carbons (Fsp3) is 0.455. The van der Waals surface area contributed by atoms with Crippen LogP contribution in [0.2, 0.25) is 0 Å². The molecule has 0 aliphatic carbocycles. The molecule has 0 amide bonds. The van der Waals surface area contributed by atoms with Crippen LogP contribution < -0.4 is 5.32 Å². The van der Waals surface area contributed by atoms with Gasteiger partial charge in [-0.2, -0.15) is 11.8 Å². The average molecular weight is 274 g/mol. The number of hydrogen-bond donors (Lipinski definition) is 1. The molecule has 0 fully saturated rings. The van der Waals surface area contributed by atoms with E-state index in [9.17, 15) is 0 Å². The first-order valence-corrected chi connectivity index (χ1v) is 6.91. The van der Waals surface area contributed by atoms with E-state index in [0.29, 0.717) is 0 Å². The van der Waals surface area contributed by atoms with Crippen molar-refractivity contribution in [2.24, 2.45) is 0 Å². The molecule has 0 aliphatic heterocycles. The van der Waals surface area contributed by atoms with Gasteiger partial charge in [0.15, 0.2) is 0 Å². The first kappa shape index (κ1) is 11.9. The van der Waals surface area contributed by atoms with Gasteiger partial charge in [0, 0.05) is 16.7 Å². The van der Waals surface area contributed by atoms with Crippen molar-refractivity contribution >= 4 is 33.4 Å². The molecule has 1 aromatic rings. The standard InChI is InChI=1S/C11H16BrNS/c1-9-8-10(4-5-11(9)12)13-6-3-7-14-2/h4-5,8,13H,3,6-7H2,1-2H3. The second-order valence-corrected chi connectivity index (χ2v) is 5.08. The maximum atomic E-state index is 3.49. The molecule has 0 spiro atoms. The third kappa shape index (κ3) is 3.93. The Morgan fingerprint density at radius 3 is 2.86 bits per heavy atom. The molecular weight excluding hydrogens is 258 g/mol. The summed E-state index contributed by atoms with van der Waals surface area (Å²) in [4.78, 5) is 0. The maximum Gasteiger partial charge on any atom is 0.0343 e. The quantitative estimate of drug-likeness (QED) is 0.817. The molecule has 1 rings (SSSR count). The molecule has 78 valence electrons. The molecule has 0 aliphatic rings. The lowest BCUT2D eigenvalue weighted by atomic mass is 10.2. The van der Waals surface area contributed by atoms with Gasteiger partial charge in [-0.3, -0.25) is 0 Å². The molecule has 14 heavy (non-hydrogen) atoms. The van der Waals surface area contributed by atoms with E-state index in [1.54, 1.807) is 0 Å². The van der Waals surface area contributed by atoms with Gasteiger partial charge in [-0.1, -0.05) is 15.9 Å². The third-order valence-corrected chi connectivity index (χ3v) is 3.60. The zero-order valence-corrected chi connectivity index (χ0v) is 11.0. The van der Waals surface area contributed by atoms with Gasteiger partial charge in [0.05, 0.1) is 0 Å². The lowest BCUT2D eigenvalue weighted by Crippen LogP contribution is -2.02. The molecule has 1 N–H and O–H groups in total. The van der Waals surface area contributed by atoms with Gasteiger partial charge in [0.25, 0.3) is 0 Å². The van der Waals surface area contributed by atoms with E-state index >= 15 is 0 Å². The summed E-state index contributed by atoms with van der Waals surface area (Å²) < 4.78 is 1.17. The Bertz CT molecular complexity index is 289. The summed E-state index contributed by atoms with van der Waals surface area (Å²) in [6, 6.07) is 6.37. The zero-order valence-electron chi connectivity index (χ0n) is 8.64. The van der Waals surface area contributed by atoms with Gasteiger partial charge < -0.3 is 5.32 Å². The van der Waals surface area contributed by atoms with Crippen molar-refractivity contribution in [1.29, 1.82) is 0 Å². The highest BCUT2D eigenvalue weighted by Gasteiger charge is 1.96. The van der Waals surface area contributed by atoms with Crippen LogP contribution in [-0.2, 0) is 0 Å². The first-order chi connectivity index (χ1) is 6.74. The van der Waals surface area contributed by atoms with Crippen LogP contribution in [-0.4, -0.2) is 18.6 Å². The zero-order chi connectivity index (χ0) is 10.4. The number of nitrogens with one attached hydrogen (secondary N) is 1. The van der Waals surface area contributed by atoms with Crippen molar-refractivity contribution in [3.05, 3.63) is 28.2 Å². The van der Waals surface area contributed by atoms with Gasteiger partial charge in [0.1, 0.15) is 0 Å². The third-order valence-electron chi connectivity index (χ3n) is 2.01. The molecule has 0 saturated carbocycles. The van der Waals surface area contributed by atoms with E-state index in [0.717, 1.165) is 6.54 Å². The highest BCUT2D eigenvalue weighted by Crippen LogP contribution is 2.19. The highest BCUT2D eigenvalue weighted by atomic mass is 79.9. The first-order valence-electron chi connectivity index (χ1n) is 4.73. The molecule has 0 bridgehead atoms. The van der Waals surface area contributed by atoms with Crippen molar-refractivity contribution < 1.29 is 0 Å². The van der Waals surface area contributed by atoms with Gasteiger partial charge in [-0.15, -0.1) is 0 Å².